The summed E-state index contributed by atoms with van der Waals surface area (Å²) in [4.78, 5) is 25.0. The van der Waals surface area contributed by atoms with Crippen molar-refractivity contribution in [3.63, 3.8) is 0 Å². The second kappa shape index (κ2) is 5.92. The molecular weight excluding hydrogens is 260 g/mol. The minimum Gasteiger partial charge on any atom is -0.478 e. The largest absolute Gasteiger partial charge is 0.478 e. The number of aromatic carboxylic acids is 1. The quantitative estimate of drug-likeness (QED) is 0.866. The number of hydrogen-bond acceptors (Lipinski definition) is 3. The molecule has 1 aliphatic heterocycles. The van der Waals surface area contributed by atoms with Crippen molar-refractivity contribution in [1.82, 2.24) is 4.90 Å². The van der Waals surface area contributed by atoms with Gasteiger partial charge in [0.05, 0.1) is 24.0 Å². The van der Waals surface area contributed by atoms with E-state index in [0.29, 0.717) is 25.4 Å². The van der Waals surface area contributed by atoms with Crippen molar-refractivity contribution in [2.24, 2.45) is 0 Å². The average molecular weight is 278 g/mol. The molecule has 1 aromatic carbocycles. The standard InChI is InChI=1S/C14H18N2O4/c1-9-3-4-12(11(7-9)13(17)18)15-14(19)16-5-6-20-10(2)8-16/h3-4,7,10H,5-6,8H2,1-2H3,(H,15,19)(H,17,18). The van der Waals surface area contributed by atoms with E-state index in [1.165, 1.54) is 0 Å². The summed E-state index contributed by atoms with van der Waals surface area (Å²) in [5.74, 6) is -1.06. The van der Waals surface area contributed by atoms with Crippen molar-refractivity contribution in [2.75, 3.05) is 25.0 Å². The van der Waals surface area contributed by atoms with Gasteiger partial charge in [0, 0.05) is 13.1 Å². The van der Waals surface area contributed by atoms with E-state index in [2.05, 4.69) is 5.32 Å². The molecule has 0 aromatic heterocycles. The molecule has 20 heavy (non-hydrogen) atoms. The molecule has 2 rings (SSSR count). The van der Waals surface area contributed by atoms with Gasteiger partial charge >= 0.3 is 12.0 Å². The Kier molecular flexibility index (Phi) is 4.24. The Morgan fingerprint density at radius 1 is 1.45 bits per heavy atom. The number of ether oxygens (including phenoxy) is 1. The number of rotatable bonds is 2. The molecule has 1 atom stereocenters. The van der Waals surface area contributed by atoms with Gasteiger partial charge in [0.1, 0.15) is 0 Å². The highest BCUT2D eigenvalue weighted by Gasteiger charge is 2.22. The van der Waals surface area contributed by atoms with Crippen LogP contribution in [0.4, 0.5) is 10.5 Å². The number of aryl methyl sites for hydroxylation is 1. The van der Waals surface area contributed by atoms with Gasteiger partial charge < -0.3 is 20.1 Å². The van der Waals surface area contributed by atoms with Crippen LogP contribution in [0.5, 0.6) is 0 Å². The zero-order chi connectivity index (χ0) is 14.7. The number of carboxylic acid groups (broad SMARTS) is 1. The fourth-order valence-corrected chi connectivity index (χ4v) is 2.14. The first kappa shape index (κ1) is 14.3. The van der Waals surface area contributed by atoms with Gasteiger partial charge in [0.25, 0.3) is 0 Å². The Morgan fingerprint density at radius 3 is 2.85 bits per heavy atom. The van der Waals surface area contributed by atoms with E-state index in [1.807, 2.05) is 13.8 Å². The Labute approximate surface area is 117 Å². The lowest BCUT2D eigenvalue weighted by Gasteiger charge is -2.31. The SMILES string of the molecule is Cc1ccc(NC(=O)N2CCOC(C)C2)c(C(=O)O)c1. The molecule has 6 nitrogen and oxygen atoms in total. The Bertz CT molecular complexity index is 530. The van der Waals surface area contributed by atoms with Crippen LogP contribution in [0.1, 0.15) is 22.8 Å². The van der Waals surface area contributed by atoms with E-state index in [4.69, 9.17) is 4.74 Å². The number of hydrogen-bond donors (Lipinski definition) is 2. The maximum Gasteiger partial charge on any atom is 0.337 e. The average Bonchev–Trinajstić information content (AvgIpc) is 2.40. The molecule has 1 fully saturated rings. The third-order valence-corrected chi connectivity index (χ3v) is 3.18. The van der Waals surface area contributed by atoms with E-state index in [9.17, 15) is 14.7 Å². The zero-order valence-electron chi connectivity index (χ0n) is 11.5. The summed E-state index contributed by atoms with van der Waals surface area (Å²) >= 11 is 0. The van der Waals surface area contributed by atoms with Crippen LogP contribution in [0.25, 0.3) is 0 Å². The second-order valence-corrected chi connectivity index (χ2v) is 4.91. The molecule has 0 aliphatic carbocycles. The molecule has 108 valence electrons. The number of morpholine rings is 1. The van der Waals surface area contributed by atoms with Crippen molar-refractivity contribution in [2.45, 2.75) is 20.0 Å². The Balaban J connectivity index is 2.13. The van der Waals surface area contributed by atoms with Gasteiger partial charge in [-0.2, -0.15) is 0 Å². The molecule has 2 amide bonds. The predicted octanol–water partition coefficient (Wildman–Crippen LogP) is 1.95. The number of nitrogens with zero attached hydrogens (tertiary/aromatic N) is 1. The highest BCUT2D eigenvalue weighted by Crippen LogP contribution is 2.18. The van der Waals surface area contributed by atoms with Gasteiger partial charge in [-0.15, -0.1) is 0 Å². The maximum absolute atomic E-state index is 12.1. The number of anilines is 1. The van der Waals surface area contributed by atoms with Crippen molar-refractivity contribution in [3.8, 4) is 0 Å². The number of benzene rings is 1. The number of nitrogens with one attached hydrogen (secondary N) is 1. The zero-order valence-corrected chi connectivity index (χ0v) is 11.5. The van der Waals surface area contributed by atoms with Gasteiger partial charge in [0.2, 0.25) is 0 Å². The second-order valence-electron chi connectivity index (χ2n) is 4.91. The van der Waals surface area contributed by atoms with Crippen LogP contribution in [0.15, 0.2) is 18.2 Å². The minimum absolute atomic E-state index is 0.00791. The topological polar surface area (TPSA) is 78.9 Å². The van der Waals surface area contributed by atoms with Crippen LogP contribution < -0.4 is 5.32 Å². The fraction of sp³-hybridized carbons (Fsp3) is 0.429. The van der Waals surface area contributed by atoms with Crippen LogP contribution >= 0.6 is 0 Å². The minimum atomic E-state index is -1.06. The first-order valence-electron chi connectivity index (χ1n) is 6.49. The molecule has 1 unspecified atom stereocenters. The van der Waals surface area contributed by atoms with Crippen molar-refractivity contribution >= 4 is 17.7 Å². The lowest BCUT2D eigenvalue weighted by Crippen LogP contribution is -2.46. The van der Waals surface area contributed by atoms with Gasteiger partial charge in [-0.25, -0.2) is 9.59 Å². The van der Waals surface area contributed by atoms with Gasteiger partial charge in [0.15, 0.2) is 0 Å². The summed E-state index contributed by atoms with van der Waals surface area (Å²) in [6, 6.07) is 4.62. The summed E-state index contributed by atoms with van der Waals surface area (Å²) in [5.41, 5.74) is 1.24. The smallest absolute Gasteiger partial charge is 0.337 e. The van der Waals surface area contributed by atoms with E-state index in [1.54, 1.807) is 23.1 Å². The van der Waals surface area contributed by atoms with E-state index in [0.717, 1.165) is 5.56 Å². The van der Waals surface area contributed by atoms with Crippen LogP contribution in [0.2, 0.25) is 0 Å². The molecule has 1 saturated heterocycles. The first-order valence-corrected chi connectivity index (χ1v) is 6.49. The molecule has 0 spiro atoms. The molecule has 0 bridgehead atoms. The van der Waals surface area contributed by atoms with Crippen molar-refractivity contribution < 1.29 is 19.4 Å². The number of amides is 2. The molecule has 2 N–H and O–H groups in total. The molecule has 6 heteroatoms. The van der Waals surface area contributed by atoms with Crippen molar-refractivity contribution in [1.29, 1.82) is 0 Å². The third-order valence-electron chi connectivity index (χ3n) is 3.18. The summed E-state index contributed by atoms with van der Waals surface area (Å²) in [5, 5.41) is 11.8. The molecule has 1 aromatic rings. The lowest BCUT2D eigenvalue weighted by molar-refractivity contribution is -0.00139. The normalized spacial score (nSPS) is 18.7. The molecule has 0 radical (unpaired) electrons. The fourth-order valence-electron chi connectivity index (χ4n) is 2.14. The summed E-state index contributed by atoms with van der Waals surface area (Å²) in [6.45, 7) is 5.20. The van der Waals surface area contributed by atoms with Crippen LogP contribution in [-0.4, -0.2) is 47.8 Å². The number of carbonyl (C=O) groups excluding carboxylic acids is 1. The van der Waals surface area contributed by atoms with E-state index < -0.39 is 5.97 Å². The molecular formula is C14H18N2O4. The summed E-state index contributed by atoms with van der Waals surface area (Å²) in [6.07, 6.45) is -0.00791. The molecule has 0 saturated carbocycles. The summed E-state index contributed by atoms with van der Waals surface area (Å²) < 4.78 is 5.37. The number of carboxylic acids is 1. The number of urea groups is 1. The highest BCUT2D eigenvalue weighted by molar-refractivity contribution is 6.00. The van der Waals surface area contributed by atoms with Crippen LogP contribution in [0.3, 0.4) is 0 Å². The van der Waals surface area contributed by atoms with Crippen molar-refractivity contribution in [3.05, 3.63) is 29.3 Å². The number of carbonyl (C=O) groups is 2. The monoisotopic (exact) mass is 278 g/mol. The third kappa shape index (κ3) is 3.27. The maximum atomic E-state index is 12.1. The van der Waals surface area contributed by atoms with Crippen LogP contribution in [-0.2, 0) is 4.74 Å². The van der Waals surface area contributed by atoms with Gasteiger partial charge in [-0.3, -0.25) is 0 Å². The Morgan fingerprint density at radius 2 is 2.20 bits per heavy atom. The first-order chi connectivity index (χ1) is 9.47. The van der Waals surface area contributed by atoms with Gasteiger partial charge in [-0.1, -0.05) is 11.6 Å². The molecule has 1 heterocycles. The van der Waals surface area contributed by atoms with E-state index >= 15 is 0 Å². The van der Waals surface area contributed by atoms with Gasteiger partial charge in [-0.05, 0) is 26.0 Å². The summed E-state index contributed by atoms with van der Waals surface area (Å²) in [7, 11) is 0. The molecule has 1 aliphatic rings. The Hall–Kier alpha value is -2.08. The van der Waals surface area contributed by atoms with E-state index in [-0.39, 0.29) is 17.7 Å². The lowest BCUT2D eigenvalue weighted by atomic mass is 10.1. The predicted molar refractivity (Wildman–Crippen MR) is 74.1 cm³/mol. The van der Waals surface area contributed by atoms with Crippen LogP contribution in [0, 0.1) is 6.92 Å². The highest BCUT2D eigenvalue weighted by atomic mass is 16.5.